The fourth-order valence-electron chi connectivity index (χ4n) is 4.30. The summed E-state index contributed by atoms with van der Waals surface area (Å²) in [4.78, 5) is 20.8. The minimum atomic E-state index is -1.36. The number of anilines is 2. The van der Waals surface area contributed by atoms with Crippen LogP contribution in [-0.4, -0.2) is 49.0 Å². The van der Waals surface area contributed by atoms with Crippen molar-refractivity contribution in [2.24, 2.45) is 0 Å². The van der Waals surface area contributed by atoms with Gasteiger partial charge in [-0.3, -0.25) is 9.50 Å². The molecule has 1 aromatic carbocycles. The fourth-order valence-corrected chi connectivity index (χ4v) is 4.48. The van der Waals surface area contributed by atoms with Crippen molar-refractivity contribution < 1.29 is 18.3 Å². The van der Waals surface area contributed by atoms with Gasteiger partial charge in [-0.25, -0.2) is 23.5 Å². The maximum atomic E-state index is 15.1. The number of nitrogens with zero attached hydrogens (tertiary/aromatic N) is 4. The Morgan fingerprint density at radius 1 is 1.28 bits per heavy atom. The van der Waals surface area contributed by atoms with Crippen molar-refractivity contribution in [1.82, 2.24) is 29.9 Å². The lowest BCUT2D eigenvalue weighted by atomic mass is 10.0. The Labute approximate surface area is 210 Å². The zero-order valence-electron chi connectivity index (χ0n) is 19.5. The third-order valence-electron chi connectivity index (χ3n) is 6.01. The van der Waals surface area contributed by atoms with E-state index < -0.39 is 30.1 Å². The molecule has 188 valence electrons. The Morgan fingerprint density at radius 2 is 2.11 bits per heavy atom. The molecule has 0 bridgehead atoms. The predicted molar refractivity (Wildman–Crippen MR) is 131 cm³/mol. The van der Waals surface area contributed by atoms with E-state index in [0.717, 1.165) is 0 Å². The van der Waals surface area contributed by atoms with Crippen molar-refractivity contribution in [3.8, 4) is 11.3 Å². The van der Waals surface area contributed by atoms with Gasteiger partial charge in [0.1, 0.15) is 23.7 Å². The highest BCUT2D eigenvalue weighted by Gasteiger charge is 2.41. The van der Waals surface area contributed by atoms with Gasteiger partial charge < -0.3 is 15.4 Å². The van der Waals surface area contributed by atoms with Crippen LogP contribution in [0.1, 0.15) is 38.3 Å². The molecule has 0 saturated heterocycles. The van der Waals surface area contributed by atoms with Crippen LogP contribution in [0.4, 0.5) is 25.3 Å². The van der Waals surface area contributed by atoms with Gasteiger partial charge in [-0.05, 0) is 44.9 Å². The molecule has 0 aliphatic heterocycles. The zero-order chi connectivity index (χ0) is 25.4. The van der Waals surface area contributed by atoms with Crippen molar-refractivity contribution in [2.45, 2.75) is 50.9 Å². The molecule has 0 spiro atoms. The minimum Gasteiger partial charge on any atom is -0.443 e. The normalized spacial score (nSPS) is 19.7. The number of hydrogen-bond donors (Lipinski definition) is 3. The summed E-state index contributed by atoms with van der Waals surface area (Å²) < 4.78 is 35.7. The highest BCUT2D eigenvalue weighted by molar-refractivity contribution is 6.31. The molecule has 12 heteroatoms. The van der Waals surface area contributed by atoms with E-state index in [0.29, 0.717) is 47.2 Å². The number of alkyl carbamates (subject to hydrolysis) is 1. The number of alkyl halides is 1. The molecular formula is C24H24ClF2N7O2. The van der Waals surface area contributed by atoms with Gasteiger partial charge in [0.05, 0.1) is 10.7 Å². The summed E-state index contributed by atoms with van der Waals surface area (Å²) in [7, 11) is 0. The largest absolute Gasteiger partial charge is 0.443 e. The molecular weight excluding hydrogens is 492 g/mol. The van der Waals surface area contributed by atoms with E-state index in [1.54, 1.807) is 35.0 Å². The number of ether oxygens (including phenoxy) is 1. The second kappa shape index (κ2) is 9.73. The number of amides is 1. The SMILES string of the molecule is CC(C)NC(=O)O[C@H]1CC[C@@H](c2cc(Nc3nc(-c4ccc(F)c(Cl)c4)cc4nccn34)n[nH]2)[C@@H]1F. The van der Waals surface area contributed by atoms with Crippen LogP contribution in [0.2, 0.25) is 5.02 Å². The first-order valence-corrected chi connectivity index (χ1v) is 11.9. The number of H-pyrrole nitrogens is 1. The molecule has 3 N–H and O–H groups in total. The third-order valence-corrected chi connectivity index (χ3v) is 6.30. The second-order valence-electron chi connectivity index (χ2n) is 8.95. The Balaban J connectivity index is 1.35. The summed E-state index contributed by atoms with van der Waals surface area (Å²) >= 11 is 5.95. The average molecular weight is 516 g/mol. The first-order valence-electron chi connectivity index (χ1n) is 11.5. The molecule has 36 heavy (non-hydrogen) atoms. The van der Waals surface area contributed by atoms with Crippen LogP contribution in [0.5, 0.6) is 0 Å². The van der Waals surface area contributed by atoms with Gasteiger partial charge in [0.2, 0.25) is 5.95 Å². The Hall–Kier alpha value is -3.73. The first-order chi connectivity index (χ1) is 17.3. The van der Waals surface area contributed by atoms with Crippen LogP contribution in [-0.2, 0) is 4.74 Å². The molecule has 1 amide bonds. The number of halogens is 3. The molecule has 1 saturated carbocycles. The van der Waals surface area contributed by atoms with Gasteiger partial charge in [-0.15, -0.1) is 0 Å². The summed E-state index contributed by atoms with van der Waals surface area (Å²) in [5, 5.41) is 12.9. The highest BCUT2D eigenvalue weighted by Crippen LogP contribution is 2.38. The van der Waals surface area contributed by atoms with Gasteiger partial charge in [0, 0.05) is 47.7 Å². The van der Waals surface area contributed by atoms with Crippen LogP contribution in [0.15, 0.2) is 42.7 Å². The van der Waals surface area contributed by atoms with E-state index in [4.69, 9.17) is 16.3 Å². The Kier molecular flexibility index (Phi) is 6.48. The van der Waals surface area contributed by atoms with Gasteiger partial charge in [0.25, 0.3) is 0 Å². The summed E-state index contributed by atoms with van der Waals surface area (Å²) in [6.07, 6.45) is 1.48. The maximum Gasteiger partial charge on any atom is 0.407 e. The molecule has 4 aromatic rings. The van der Waals surface area contributed by atoms with Crippen LogP contribution < -0.4 is 10.6 Å². The van der Waals surface area contributed by atoms with E-state index in [9.17, 15) is 9.18 Å². The van der Waals surface area contributed by atoms with Crippen molar-refractivity contribution in [1.29, 1.82) is 0 Å². The number of aromatic amines is 1. The summed E-state index contributed by atoms with van der Waals surface area (Å²) in [5.74, 6) is -0.168. The number of carbonyl (C=O) groups excluding carboxylic acids is 1. The molecule has 1 fully saturated rings. The molecule has 5 rings (SSSR count). The maximum absolute atomic E-state index is 15.1. The van der Waals surface area contributed by atoms with Crippen molar-refractivity contribution in [3.63, 3.8) is 0 Å². The third kappa shape index (κ3) is 4.83. The van der Waals surface area contributed by atoms with E-state index in [1.165, 1.54) is 12.1 Å². The number of rotatable bonds is 6. The van der Waals surface area contributed by atoms with Crippen LogP contribution >= 0.6 is 11.6 Å². The topological polar surface area (TPSA) is 109 Å². The Bertz CT molecular complexity index is 1410. The lowest BCUT2D eigenvalue weighted by Crippen LogP contribution is -2.36. The number of nitrogens with one attached hydrogen (secondary N) is 3. The number of benzene rings is 1. The van der Waals surface area contributed by atoms with E-state index >= 15 is 4.39 Å². The van der Waals surface area contributed by atoms with Crippen LogP contribution in [0, 0.1) is 5.82 Å². The highest BCUT2D eigenvalue weighted by atomic mass is 35.5. The van der Waals surface area contributed by atoms with Gasteiger partial charge in [-0.1, -0.05) is 11.6 Å². The predicted octanol–water partition coefficient (Wildman–Crippen LogP) is 5.37. The average Bonchev–Trinajstić information content (AvgIpc) is 3.56. The van der Waals surface area contributed by atoms with Crippen molar-refractivity contribution in [3.05, 3.63) is 59.3 Å². The van der Waals surface area contributed by atoms with E-state index in [1.807, 2.05) is 13.8 Å². The van der Waals surface area contributed by atoms with Crippen LogP contribution in [0.25, 0.3) is 16.9 Å². The number of imidazole rings is 1. The number of aromatic nitrogens is 5. The molecule has 3 aromatic heterocycles. The number of fused-ring (bicyclic) bond motifs is 1. The molecule has 3 atom stereocenters. The van der Waals surface area contributed by atoms with Crippen LogP contribution in [0.3, 0.4) is 0 Å². The fraction of sp³-hybridized carbons (Fsp3) is 0.333. The number of hydrogen-bond acceptors (Lipinski definition) is 6. The quantitative estimate of drug-likeness (QED) is 0.318. The van der Waals surface area contributed by atoms with Gasteiger partial charge >= 0.3 is 6.09 Å². The van der Waals surface area contributed by atoms with E-state index in [2.05, 4.69) is 30.8 Å². The van der Waals surface area contributed by atoms with Crippen molar-refractivity contribution >= 4 is 35.1 Å². The number of carbonyl (C=O) groups is 1. The lowest BCUT2D eigenvalue weighted by Gasteiger charge is -2.18. The summed E-state index contributed by atoms with van der Waals surface area (Å²) in [5.41, 5.74) is 2.35. The van der Waals surface area contributed by atoms with Gasteiger partial charge in [-0.2, -0.15) is 5.10 Å². The monoisotopic (exact) mass is 515 g/mol. The minimum absolute atomic E-state index is 0.00900. The molecule has 1 aliphatic rings. The molecule has 0 radical (unpaired) electrons. The van der Waals surface area contributed by atoms with E-state index in [-0.39, 0.29) is 11.1 Å². The van der Waals surface area contributed by atoms with Gasteiger partial charge in [0.15, 0.2) is 5.82 Å². The molecule has 0 unspecified atom stereocenters. The smallest absolute Gasteiger partial charge is 0.407 e. The lowest BCUT2D eigenvalue weighted by molar-refractivity contribution is 0.0555. The molecule has 3 heterocycles. The molecule has 9 nitrogen and oxygen atoms in total. The standard InChI is InChI=1S/C24H24ClF2N7O2/c1-12(2)29-24(35)36-19-6-4-14(22(19)27)18-10-20(33-32-18)31-23-30-17(11-21-28-7-8-34(21)23)13-3-5-16(26)15(25)9-13/h3,5,7-12,14,19,22H,4,6H2,1-2H3,(H,29,35)(H2,30,31,32,33)/t14-,19-,22-/m0/s1. The second-order valence-corrected chi connectivity index (χ2v) is 9.36. The summed E-state index contributed by atoms with van der Waals surface area (Å²) in [6.45, 7) is 3.61. The summed E-state index contributed by atoms with van der Waals surface area (Å²) in [6, 6.07) is 7.73. The molecule has 1 aliphatic carbocycles. The van der Waals surface area contributed by atoms with Crippen molar-refractivity contribution in [2.75, 3.05) is 5.32 Å². The zero-order valence-corrected chi connectivity index (χ0v) is 20.3. The Morgan fingerprint density at radius 3 is 2.89 bits per heavy atom. The first kappa shape index (κ1) is 24.0.